The van der Waals surface area contributed by atoms with Crippen LogP contribution in [0.15, 0.2) is 42.5 Å². The average molecular weight is 264 g/mol. The van der Waals surface area contributed by atoms with E-state index in [0.29, 0.717) is 0 Å². The second-order valence-electron chi connectivity index (χ2n) is 6.61. The van der Waals surface area contributed by atoms with Crippen LogP contribution in [0.2, 0.25) is 0 Å². The molecule has 0 radical (unpaired) electrons. The maximum absolute atomic E-state index is 12.7. The molecular weight excluding hydrogens is 244 g/mol. The highest BCUT2D eigenvalue weighted by Gasteiger charge is 2.22. The summed E-state index contributed by atoms with van der Waals surface area (Å²) in [7, 11) is 0. The number of carbonyl (C=O) groups is 1. The quantitative estimate of drug-likeness (QED) is 0.693. The number of rotatable bonds is 0. The van der Waals surface area contributed by atoms with Gasteiger partial charge < -0.3 is 0 Å². The van der Waals surface area contributed by atoms with Crippen LogP contribution in [0.5, 0.6) is 0 Å². The molecule has 102 valence electrons. The minimum atomic E-state index is 0.122. The third-order valence-electron chi connectivity index (χ3n) is 4.14. The summed E-state index contributed by atoms with van der Waals surface area (Å²) >= 11 is 0. The highest BCUT2D eigenvalue weighted by molar-refractivity contribution is 6.11. The van der Waals surface area contributed by atoms with Gasteiger partial charge in [-0.2, -0.15) is 0 Å². The van der Waals surface area contributed by atoms with Crippen LogP contribution >= 0.6 is 0 Å². The molecule has 2 aromatic carbocycles. The van der Waals surface area contributed by atoms with Gasteiger partial charge in [-0.25, -0.2) is 0 Å². The molecule has 3 rings (SSSR count). The molecule has 1 heteroatoms. The van der Waals surface area contributed by atoms with E-state index in [0.717, 1.165) is 24.0 Å². The summed E-state index contributed by atoms with van der Waals surface area (Å²) in [5.41, 5.74) is 5.54. The molecule has 0 N–H and O–H groups in total. The zero-order chi connectivity index (χ0) is 14.3. The molecule has 0 atom stereocenters. The number of ketones is 1. The first-order valence-corrected chi connectivity index (χ1v) is 7.23. The van der Waals surface area contributed by atoms with Gasteiger partial charge in [-0.05, 0) is 34.9 Å². The molecule has 0 aliphatic heterocycles. The Morgan fingerprint density at radius 2 is 1.50 bits per heavy atom. The zero-order valence-corrected chi connectivity index (χ0v) is 12.4. The number of hydrogen-bond acceptors (Lipinski definition) is 1. The van der Waals surface area contributed by atoms with Gasteiger partial charge in [0.2, 0.25) is 0 Å². The summed E-state index contributed by atoms with van der Waals surface area (Å²) in [5, 5.41) is 0. The first-order valence-electron chi connectivity index (χ1n) is 7.23. The molecule has 0 aromatic heterocycles. The van der Waals surface area contributed by atoms with E-state index in [1.54, 1.807) is 0 Å². The number of carbonyl (C=O) groups excluding carboxylic acids is 1. The fourth-order valence-electron chi connectivity index (χ4n) is 2.86. The highest BCUT2D eigenvalue weighted by Crippen LogP contribution is 2.29. The third-order valence-corrected chi connectivity index (χ3v) is 4.14. The molecule has 0 saturated carbocycles. The van der Waals surface area contributed by atoms with Crippen molar-refractivity contribution in [3.05, 3.63) is 70.3 Å². The Morgan fingerprint density at radius 3 is 2.25 bits per heavy atom. The molecule has 0 heterocycles. The van der Waals surface area contributed by atoms with E-state index >= 15 is 0 Å². The molecule has 0 bridgehead atoms. The van der Waals surface area contributed by atoms with Crippen molar-refractivity contribution < 1.29 is 4.79 Å². The molecule has 0 amide bonds. The molecule has 1 aliphatic carbocycles. The van der Waals surface area contributed by atoms with E-state index in [9.17, 15) is 4.79 Å². The number of hydrogen-bond donors (Lipinski definition) is 0. The standard InChI is InChI=1S/C19H20O/c1-19(2,3)15-10-11-17-14(12-15)9-8-13-6-4-5-7-16(13)18(17)20/h4-7,10-12H,8-9H2,1-3H3. The maximum atomic E-state index is 12.7. The van der Waals surface area contributed by atoms with Crippen molar-refractivity contribution in [2.75, 3.05) is 0 Å². The summed E-state index contributed by atoms with van der Waals surface area (Å²) in [5.74, 6) is 0.175. The van der Waals surface area contributed by atoms with Crippen molar-refractivity contribution in [3.8, 4) is 0 Å². The fraction of sp³-hybridized carbons (Fsp3) is 0.316. The normalized spacial score (nSPS) is 14.4. The lowest BCUT2D eigenvalue weighted by atomic mass is 9.84. The van der Waals surface area contributed by atoms with E-state index in [-0.39, 0.29) is 11.2 Å². The molecule has 1 aliphatic rings. The van der Waals surface area contributed by atoms with Gasteiger partial charge in [0.25, 0.3) is 0 Å². The lowest BCUT2D eigenvalue weighted by Gasteiger charge is -2.20. The lowest BCUT2D eigenvalue weighted by molar-refractivity contribution is 0.103. The summed E-state index contributed by atoms with van der Waals surface area (Å²) < 4.78 is 0. The summed E-state index contributed by atoms with van der Waals surface area (Å²) in [6, 6.07) is 14.3. The minimum Gasteiger partial charge on any atom is -0.289 e. The molecule has 20 heavy (non-hydrogen) atoms. The Morgan fingerprint density at radius 1 is 0.850 bits per heavy atom. The fourth-order valence-corrected chi connectivity index (χ4v) is 2.86. The predicted octanol–water partition coefficient (Wildman–Crippen LogP) is 4.31. The lowest BCUT2D eigenvalue weighted by Crippen LogP contribution is -2.13. The number of benzene rings is 2. The van der Waals surface area contributed by atoms with E-state index < -0.39 is 0 Å². The van der Waals surface area contributed by atoms with Crippen LogP contribution in [0.3, 0.4) is 0 Å². The van der Waals surface area contributed by atoms with Crippen LogP contribution in [0.4, 0.5) is 0 Å². The van der Waals surface area contributed by atoms with E-state index in [1.165, 1.54) is 16.7 Å². The van der Waals surface area contributed by atoms with E-state index in [2.05, 4.69) is 39.0 Å². The molecule has 0 unspecified atom stereocenters. The zero-order valence-electron chi connectivity index (χ0n) is 12.4. The molecular formula is C19H20O. The third kappa shape index (κ3) is 2.18. The van der Waals surface area contributed by atoms with Gasteiger partial charge in [-0.1, -0.05) is 63.2 Å². The van der Waals surface area contributed by atoms with Gasteiger partial charge in [-0.3, -0.25) is 4.79 Å². The minimum absolute atomic E-state index is 0.122. The molecule has 2 aromatic rings. The first kappa shape index (κ1) is 13.1. The topological polar surface area (TPSA) is 17.1 Å². The van der Waals surface area contributed by atoms with Crippen LogP contribution in [-0.4, -0.2) is 5.78 Å². The van der Waals surface area contributed by atoms with Gasteiger partial charge in [0.15, 0.2) is 5.78 Å². The highest BCUT2D eigenvalue weighted by atomic mass is 16.1. The van der Waals surface area contributed by atoms with Crippen molar-refractivity contribution in [2.45, 2.75) is 39.0 Å². The number of fused-ring (bicyclic) bond motifs is 2. The van der Waals surface area contributed by atoms with Crippen LogP contribution in [0.25, 0.3) is 0 Å². The van der Waals surface area contributed by atoms with Crippen molar-refractivity contribution in [1.29, 1.82) is 0 Å². The van der Waals surface area contributed by atoms with Gasteiger partial charge in [0, 0.05) is 11.1 Å². The van der Waals surface area contributed by atoms with Gasteiger partial charge in [0.05, 0.1) is 0 Å². The van der Waals surface area contributed by atoms with Crippen LogP contribution < -0.4 is 0 Å². The van der Waals surface area contributed by atoms with Crippen molar-refractivity contribution in [1.82, 2.24) is 0 Å². The van der Waals surface area contributed by atoms with Gasteiger partial charge in [-0.15, -0.1) is 0 Å². The second-order valence-corrected chi connectivity index (χ2v) is 6.61. The Kier molecular flexibility index (Phi) is 3.01. The van der Waals surface area contributed by atoms with E-state index in [4.69, 9.17) is 0 Å². The van der Waals surface area contributed by atoms with Gasteiger partial charge in [0.1, 0.15) is 0 Å². The largest absolute Gasteiger partial charge is 0.289 e. The Balaban J connectivity index is 2.12. The van der Waals surface area contributed by atoms with Crippen LogP contribution in [-0.2, 0) is 18.3 Å². The maximum Gasteiger partial charge on any atom is 0.193 e. The smallest absolute Gasteiger partial charge is 0.193 e. The van der Waals surface area contributed by atoms with Crippen LogP contribution in [0, 0.1) is 0 Å². The first-order chi connectivity index (χ1) is 9.47. The van der Waals surface area contributed by atoms with Crippen molar-refractivity contribution in [2.24, 2.45) is 0 Å². The Bertz CT molecular complexity index is 674. The average Bonchev–Trinajstić information content (AvgIpc) is 2.56. The SMILES string of the molecule is CC(C)(C)c1ccc2c(c1)CCc1ccccc1C2=O. The molecule has 0 fully saturated rings. The second kappa shape index (κ2) is 4.59. The van der Waals surface area contributed by atoms with Gasteiger partial charge >= 0.3 is 0 Å². The number of aryl methyl sites for hydroxylation is 2. The molecule has 0 saturated heterocycles. The Hall–Kier alpha value is -1.89. The summed E-state index contributed by atoms with van der Waals surface area (Å²) in [6.45, 7) is 6.63. The van der Waals surface area contributed by atoms with Crippen molar-refractivity contribution in [3.63, 3.8) is 0 Å². The molecule has 0 spiro atoms. The molecule has 1 nitrogen and oxygen atoms in total. The van der Waals surface area contributed by atoms with E-state index in [1.807, 2.05) is 24.3 Å². The Labute approximate surface area is 120 Å². The summed E-state index contributed by atoms with van der Waals surface area (Å²) in [4.78, 5) is 12.7. The monoisotopic (exact) mass is 264 g/mol. The van der Waals surface area contributed by atoms with Crippen molar-refractivity contribution >= 4 is 5.78 Å². The predicted molar refractivity (Wildman–Crippen MR) is 82.4 cm³/mol. The van der Waals surface area contributed by atoms with Crippen LogP contribution in [0.1, 0.15) is 53.4 Å². The summed E-state index contributed by atoms with van der Waals surface area (Å²) in [6.07, 6.45) is 1.89.